The number of carboxylic acids is 1. The number of fused-ring (bicyclic) bond motifs is 1. The fourth-order valence-corrected chi connectivity index (χ4v) is 6.27. The van der Waals surface area contributed by atoms with Crippen LogP contribution in [0.2, 0.25) is 0 Å². The predicted octanol–water partition coefficient (Wildman–Crippen LogP) is 6.13. The molecular weight excluding hydrogens is 574 g/mol. The number of hydrogen-bond donors (Lipinski definition) is 1. The van der Waals surface area contributed by atoms with Crippen LogP contribution in [0.1, 0.15) is 39.2 Å². The second kappa shape index (κ2) is 12.6. The van der Waals surface area contributed by atoms with E-state index in [1.807, 2.05) is 0 Å². The largest absolute Gasteiger partial charge is 0.481 e. The highest BCUT2D eigenvalue weighted by atomic mass is 32.2. The number of aromatic nitrogens is 1. The molecule has 1 unspecified atom stereocenters. The fourth-order valence-electron chi connectivity index (χ4n) is 4.05. The molecule has 0 aliphatic rings. The highest BCUT2D eigenvalue weighted by Gasteiger charge is 2.17. The van der Waals surface area contributed by atoms with Crippen LogP contribution in [-0.4, -0.2) is 44.0 Å². The first-order chi connectivity index (χ1) is 19.4. The lowest BCUT2D eigenvalue weighted by atomic mass is 10.0. The van der Waals surface area contributed by atoms with E-state index >= 15 is 0 Å². The zero-order valence-corrected chi connectivity index (χ0v) is 23.8. The van der Waals surface area contributed by atoms with Gasteiger partial charge in [-0.2, -0.15) is 4.36 Å². The summed E-state index contributed by atoms with van der Waals surface area (Å²) in [5, 5.41) is 8.76. The van der Waals surface area contributed by atoms with Gasteiger partial charge in [0.15, 0.2) is 0 Å². The smallest absolute Gasteiger partial charge is 0.303 e. The van der Waals surface area contributed by atoms with Crippen LogP contribution in [-0.2, 0) is 32.2 Å². The highest BCUT2D eigenvalue weighted by molar-refractivity contribution is 7.93. The number of amides is 1. The van der Waals surface area contributed by atoms with E-state index < -0.39 is 33.2 Å². The first-order valence-corrected chi connectivity index (χ1v) is 15.4. The fraction of sp³-hybridized carbons (Fsp3) is 0.241. The van der Waals surface area contributed by atoms with E-state index in [2.05, 4.69) is 9.35 Å². The van der Waals surface area contributed by atoms with E-state index in [0.29, 0.717) is 16.0 Å². The van der Waals surface area contributed by atoms with Gasteiger partial charge in [0, 0.05) is 49.6 Å². The summed E-state index contributed by atoms with van der Waals surface area (Å²) in [6, 6.07) is 11.6. The van der Waals surface area contributed by atoms with Gasteiger partial charge in [-0.15, -0.1) is 11.3 Å². The van der Waals surface area contributed by atoms with Crippen LogP contribution in [0.15, 0.2) is 59.1 Å². The Hall–Kier alpha value is -4.03. The number of ether oxygens (including phenoxy) is 1. The summed E-state index contributed by atoms with van der Waals surface area (Å²) < 4.78 is 51.7. The van der Waals surface area contributed by atoms with Crippen molar-refractivity contribution in [3.8, 4) is 11.5 Å². The molecule has 2 aromatic heterocycles. The third-order valence-electron chi connectivity index (χ3n) is 6.01. The quantitative estimate of drug-likeness (QED) is 0.220. The Bertz CT molecular complexity index is 1780. The number of Topliss-reactive ketones (excluding diaryl/α,β-unsaturated/α-hetero) is 1. The molecule has 41 heavy (non-hydrogen) atoms. The summed E-state index contributed by atoms with van der Waals surface area (Å²) in [6.07, 6.45) is 2.35. The van der Waals surface area contributed by atoms with Gasteiger partial charge in [-0.3, -0.25) is 19.4 Å². The summed E-state index contributed by atoms with van der Waals surface area (Å²) in [6.45, 7) is 1.79. The average molecular weight is 601 g/mol. The number of hydrogen-bond acceptors (Lipinski definition) is 7. The molecule has 0 fully saturated rings. The standard InChI is InChI=1S/C29H26F2N2O6S2/c1-17-5-8-22(30)19(12-17)14-20(34)13-18-6-7-21(15-23(18)31)39-25-9-10-32-24-16-26(40-28(24)25)29(37)33-41(2,38)11-3-4-27(35)36/h5-10,12,15-16H,3-4,11,13-14H2,1-2H3,(H,35,36). The number of benzene rings is 2. The topological polar surface area (TPSA) is 123 Å². The number of thiophene rings is 1. The van der Waals surface area contributed by atoms with Crippen LogP contribution < -0.4 is 4.74 Å². The van der Waals surface area contributed by atoms with Gasteiger partial charge in [0.2, 0.25) is 0 Å². The van der Waals surface area contributed by atoms with Crippen LogP contribution in [0.5, 0.6) is 11.5 Å². The van der Waals surface area contributed by atoms with Gasteiger partial charge in [-0.1, -0.05) is 23.8 Å². The zero-order chi connectivity index (χ0) is 29.7. The molecule has 2 heterocycles. The Balaban J connectivity index is 1.48. The predicted molar refractivity (Wildman–Crippen MR) is 152 cm³/mol. The third kappa shape index (κ3) is 8.01. The van der Waals surface area contributed by atoms with Crippen molar-refractivity contribution in [1.29, 1.82) is 0 Å². The van der Waals surface area contributed by atoms with E-state index in [0.717, 1.165) is 23.0 Å². The van der Waals surface area contributed by atoms with Gasteiger partial charge in [0.25, 0.3) is 5.91 Å². The van der Waals surface area contributed by atoms with Gasteiger partial charge in [0.05, 0.1) is 24.8 Å². The third-order valence-corrected chi connectivity index (χ3v) is 8.73. The lowest BCUT2D eigenvalue weighted by Crippen LogP contribution is -2.09. The molecule has 1 atom stereocenters. The van der Waals surface area contributed by atoms with Crippen LogP contribution in [0, 0.1) is 18.6 Å². The molecule has 214 valence electrons. The first-order valence-electron chi connectivity index (χ1n) is 12.5. The molecule has 0 aliphatic carbocycles. The molecule has 4 aromatic rings. The minimum Gasteiger partial charge on any atom is -0.481 e. The Kier molecular flexibility index (Phi) is 9.24. The number of rotatable bonds is 11. The number of pyridine rings is 1. The van der Waals surface area contributed by atoms with Crippen molar-refractivity contribution in [3.63, 3.8) is 0 Å². The molecule has 8 nitrogen and oxygen atoms in total. The molecule has 12 heteroatoms. The SMILES string of the molecule is Cc1ccc(F)c(CC(=O)Cc2ccc(Oc3ccnc4cc(C(=O)N=S(C)(=O)CCCC(=O)O)sc34)cc2F)c1. The Morgan fingerprint density at radius 3 is 2.51 bits per heavy atom. The summed E-state index contributed by atoms with van der Waals surface area (Å²) >= 11 is 1.02. The molecule has 0 aliphatic heterocycles. The van der Waals surface area contributed by atoms with E-state index in [1.165, 1.54) is 36.7 Å². The van der Waals surface area contributed by atoms with Crippen molar-refractivity contribution in [3.05, 3.63) is 87.9 Å². The van der Waals surface area contributed by atoms with Crippen LogP contribution in [0.25, 0.3) is 10.2 Å². The number of carbonyl (C=O) groups is 3. The second-order valence-corrected chi connectivity index (χ2v) is 13.1. The Labute approximate surface area is 239 Å². The average Bonchev–Trinajstić information content (AvgIpc) is 3.33. The number of nitrogens with zero attached hydrogens (tertiary/aromatic N) is 2. The van der Waals surface area contributed by atoms with Crippen molar-refractivity contribution >= 4 is 48.9 Å². The van der Waals surface area contributed by atoms with Crippen molar-refractivity contribution in [2.24, 2.45) is 4.36 Å². The van der Waals surface area contributed by atoms with Crippen LogP contribution in [0.4, 0.5) is 8.78 Å². The Morgan fingerprint density at radius 2 is 1.78 bits per heavy atom. The molecule has 0 spiro atoms. The van der Waals surface area contributed by atoms with Gasteiger partial charge in [-0.25, -0.2) is 13.0 Å². The maximum Gasteiger partial charge on any atom is 0.303 e. The molecule has 4 rings (SSSR count). The number of halogens is 2. The lowest BCUT2D eigenvalue weighted by Gasteiger charge is -2.09. The summed E-state index contributed by atoms with van der Waals surface area (Å²) in [5.41, 5.74) is 1.65. The van der Waals surface area contributed by atoms with Crippen molar-refractivity contribution in [2.75, 3.05) is 12.0 Å². The molecule has 1 amide bonds. The lowest BCUT2D eigenvalue weighted by molar-refractivity contribution is -0.137. The maximum absolute atomic E-state index is 14.9. The van der Waals surface area contributed by atoms with Gasteiger partial charge in [0.1, 0.15) is 28.9 Å². The minimum atomic E-state index is -2.93. The van der Waals surface area contributed by atoms with Crippen molar-refractivity contribution in [1.82, 2.24) is 4.98 Å². The number of carboxylic acid groups (broad SMARTS) is 1. The number of aliphatic carboxylic acids is 1. The normalized spacial score (nSPS) is 12.6. The zero-order valence-electron chi connectivity index (χ0n) is 22.2. The van der Waals surface area contributed by atoms with Gasteiger partial charge in [-0.05, 0) is 42.7 Å². The summed E-state index contributed by atoms with van der Waals surface area (Å²) in [4.78, 5) is 40.3. The summed E-state index contributed by atoms with van der Waals surface area (Å²) in [7, 11) is -2.93. The first kappa shape index (κ1) is 29.9. The number of carbonyl (C=O) groups excluding carboxylic acids is 2. The highest BCUT2D eigenvalue weighted by Crippen LogP contribution is 2.35. The van der Waals surface area contributed by atoms with E-state index in [-0.39, 0.29) is 59.0 Å². The monoisotopic (exact) mass is 600 g/mol. The van der Waals surface area contributed by atoms with Crippen LogP contribution >= 0.6 is 11.3 Å². The van der Waals surface area contributed by atoms with Gasteiger partial charge >= 0.3 is 5.97 Å². The second-order valence-electron chi connectivity index (χ2n) is 9.53. The van der Waals surface area contributed by atoms with Gasteiger partial charge < -0.3 is 9.84 Å². The molecule has 0 bridgehead atoms. The van der Waals surface area contributed by atoms with Crippen LogP contribution in [0.3, 0.4) is 0 Å². The molecule has 1 N–H and O–H groups in total. The Morgan fingerprint density at radius 1 is 1.02 bits per heavy atom. The number of ketones is 1. The molecule has 2 aromatic carbocycles. The van der Waals surface area contributed by atoms with E-state index in [9.17, 15) is 27.4 Å². The number of aryl methyl sites for hydroxylation is 1. The van der Waals surface area contributed by atoms with E-state index in [4.69, 9.17) is 9.84 Å². The molecule has 0 saturated carbocycles. The molecular formula is C29H26F2N2O6S2. The molecule has 0 radical (unpaired) electrons. The maximum atomic E-state index is 14.9. The summed E-state index contributed by atoms with van der Waals surface area (Å²) in [5.74, 6) is -2.79. The molecule has 0 saturated heterocycles. The minimum absolute atomic E-state index is 0.0292. The van der Waals surface area contributed by atoms with E-state index in [1.54, 1.807) is 25.1 Å². The van der Waals surface area contributed by atoms with Crippen molar-refractivity contribution in [2.45, 2.75) is 32.6 Å². The van der Waals surface area contributed by atoms with Crippen molar-refractivity contribution < 1.29 is 37.2 Å².